The van der Waals surface area contributed by atoms with Crippen molar-refractivity contribution in [2.24, 2.45) is 0 Å². The van der Waals surface area contributed by atoms with Crippen LogP contribution in [0.4, 0.5) is 5.95 Å². The fourth-order valence-electron chi connectivity index (χ4n) is 3.47. The van der Waals surface area contributed by atoms with E-state index in [0.29, 0.717) is 18.1 Å². The largest absolute Gasteiger partial charge is 0.326 e. The van der Waals surface area contributed by atoms with Gasteiger partial charge in [0.2, 0.25) is 11.5 Å². The number of aromatic nitrogens is 3. The smallest absolute Gasteiger partial charge is 0.258 e. The van der Waals surface area contributed by atoms with E-state index < -0.39 is 0 Å². The normalized spacial score (nSPS) is 11.2. The molecule has 4 rings (SSSR count). The van der Waals surface area contributed by atoms with Crippen molar-refractivity contribution in [1.82, 2.24) is 14.5 Å². The zero-order valence-corrected chi connectivity index (χ0v) is 17.3. The number of amides is 1. The summed E-state index contributed by atoms with van der Waals surface area (Å²) in [7, 11) is 0. The number of pyridine rings is 1. The Morgan fingerprint density at radius 1 is 1.10 bits per heavy atom. The predicted molar refractivity (Wildman–Crippen MR) is 119 cm³/mol. The molecule has 152 valence electrons. The van der Waals surface area contributed by atoms with Gasteiger partial charge in [-0.1, -0.05) is 50.2 Å². The summed E-state index contributed by atoms with van der Waals surface area (Å²) in [6.07, 6.45) is 0. The van der Waals surface area contributed by atoms with E-state index >= 15 is 0 Å². The number of anilines is 1. The number of H-pyrrole nitrogens is 1. The molecule has 0 aliphatic rings. The van der Waals surface area contributed by atoms with Gasteiger partial charge in [0, 0.05) is 17.3 Å². The lowest BCUT2D eigenvalue weighted by molar-refractivity contribution is 0.102. The molecule has 6 heteroatoms. The number of imidazole rings is 1. The third-order valence-electron chi connectivity index (χ3n) is 5.22. The van der Waals surface area contributed by atoms with Crippen LogP contribution in [0.2, 0.25) is 0 Å². The van der Waals surface area contributed by atoms with Crippen LogP contribution in [0.5, 0.6) is 0 Å². The van der Waals surface area contributed by atoms with Crippen molar-refractivity contribution in [1.29, 1.82) is 0 Å². The van der Waals surface area contributed by atoms with Crippen molar-refractivity contribution in [3.63, 3.8) is 0 Å². The van der Waals surface area contributed by atoms with Crippen LogP contribution in [0.25, 0.3) is 11.0 Å². The third-order valence-corrected chi connectivity index (χ3v) is 5.22. The topological polar surface area (TPSA) is 79.8 Å². The van der Waals surface area contributed by atoms with Gasteiger partial charge in [0.1, 0.15) is 0 Å². The van der Waals surface area contributed by atoms with E-state index in [1.165, 1.54) is 11.6 Å². The Morgan fingerprint density at radius 2 is 1.83 bits per heavy atom. The molecule has 0 aliphatic heterocycles. The van der Waals surface area contributed by atoms with Gasteiger partial charge in [0.15, 0.2) is 0 Å². The van der Waals surface area contributed by atoms with Crippen molar-refractivity contribution in [2.45, 2.75) is 33.2 Å². The van der Waals surface area contributed by atoms with E-state index in [1.807, 2.05) is 54.8 Å². The highest BCUT2D eigenvalue weighted by molar-refractivity contribution is 6.04. The number of rotatable bonds is 5. The van der Waals surface area contributed by atoms with Crippen molar-refractivity contribution >= 4 is 22.9 Å². The molecule has 0 radical (unpaired) electrons. The molecule has 0 atom stereocenters. The van der Waals surface area contributed by atoms with E-state index in [4.69, 9.17) is 0 Å². The number of hydrogen-bond donors (Lipinski definition) is 2. The molecule has 0 aliphatic carbocycles. The number of nitrogens with zero attached hydrogens (tertiary/aromatic N) is 2. The van der Waals surface area contributed by atoms with E-state index in [2.05, 4.69) is 34.3 Å². The zero-order valence-electron chi connectivity index (χ0n) is 17.3. The van der Waals surface area contributed by atoms with Crippen LogP contribution >= 0.6 is 0 Å². The Bertz CT molecular complexity index is 1280. The molecule has 2 aromatic heterocycles. The number of hydrogen-bond acceptors (Lipinski definition) is 3. The number of aryl methyl sites for hydroxylation is 1. The van der Waals surface area contributed by atoms with Crippen LogP contribution in [0.1, 0.15) is 46.9 Å². The maximum Gasteiger partial charge on any atom is 0.258 e. The average Bonchev–Trinajstić information content (AvgIpc) is 3.06. The number of benzene rings is 2. The van der Waals surface area contributed by atoms with Gasteiger partial charge in [-0.15, -0.1) is 0 Å². The molecule has 0 saturated heterocycles. The summed E-state index contributed by atoms with van der Waals surface area (Å²) in [4.78, 5) is 32.4. The molecule has 4 aromatic rings. The standard InChI is InChI=1S/C24H24N4O2/c1-15(2)20-12-18(13-22(29)25-20)23(30)27-24-26-19-10-6-7-11-21(19)28(24)14-17-9-5-4-8-16(17)3/h4-13,15H,14H2,1-3H3,(H,25,29)(H,26,27,30). The minimum atomic E-state index is -0.357. The Balaban J connectivity index is 1.73. The molecule has 1 amide bonds. The van der Waals surface area contributed by atoms with Crippen LogP contribution < -0.4 is 10.9 Å². The zero-order chi connectivity index (χ0) is 21.3. The lowest BCUT2D eigenvalue weighted by atomic mass is 10.1. The second-order valence-electron chi connectivity index (χ2n) is 7.73. The number of para-hydroxylation sites is 2. The van der Waals surface area contributed by atoms with Gasteiger partial charge < -0.3 is 9.55 Å². The molecule has 0 bridgehead atoms. The van der Waals surface area contributed by atoms with Crippen LogP contribution in [-0.2, 0) is 6.54 Å². The summed E-state index contributed by atoms with van der Waals surface area (Å²) in [5.41, 5.74) is 4.80. The molecule has 2 N–H and O–H groups in total. The van der Waals surface area contributed by atoms with Crippen LogP contribution in [0.15, 0.2) is 65.5 Å². The Morgan fingerprint density at radius 3 is 2.60 bits per heavy atom. The fourth-order valence-corrected chi connectivity index (χ4v) is 3.47. The van der Waals surface area contributed by atoms with Gasteiger partial charge in [-0.05, 0) is 42.2 Å². The molecule has 0 fully saturated rings. The summed E-state index contributed by atoms with van der Waals surface area (Å²) < 4.78 is 1.99. The van der Waals surface area contributed by atoms with E-state index in [-0.39, 0.29) is 17.4 Å². The third kappa shape index (κ3) is 3.89. The SMILES string of the molecule is Cc1ccccc1Cn1c(NC(=O)c2cc(C(C)C)[nH]c(=O)c2)nc2ccccc21. The van der Waals surface area contributed by atoms with Crippen molar-refractivity contribution in [3.8, 4) is 0 Å². The number of carbonyl (C=O) groups is 1. The summed E-state index contributed by atoms with van der Waals surface area (Å²) >= 11 is 0. The second kappa shape index (κ2) is 7.99. The predicted octanol–water partition coefficient (Wildman–Crippen LogP) is 4.46. The first-order valence-electron chi connectivity index (χ1n) is 9.98. The fraction of sp³-hybridized carbons (Fsp3) is 0.208. The Hall–Kier alpha value is -3.67. The summed E-state index contributed by atoms with van der Waals surface area (Å²) in [6.45, 7) is 6.58. The Labute approximate surface area is 174 Å². The molecule has 30 heavy (non-hydrogen) atoms. The number of fused-ring (bicyclic) bond motifs is 1. The van der Waals surface area contributed by atoms with Crippen molar-refractivity contribution < 1.29 is 4.79 Å². The molecule has 2 heterocycles. The first kappa shape index (κ1) is 19.6. The quantitative estimate of drug-likeness (QED) is 0.519. The van der Waals surface area contributed by atoms with Gasteiger partial charge in [-0.25, -0.2) is 4.98 Å². The molecule has 2 aromatic carbocycles. The highest BCUT2D eigenvalue weighted by Crippen LogP contribution is 2.23. The van der Waals surface area contributed by atoms with Crippen LogP contribution in [0, 0.1) is 6.92 Å². The first-order valence-corrected chi connectivity index (χ1v) is 9.98. The number of carbonyl (C=O) groups excluding carboxylic acids is 1. The van der Waals surface area contributed by atoms with Gasteiger partial charge in [-0.3, -0.25) is 14.9 Å². The highest BCUT2D eigenvalue weighted by Gasteiger charge is 2.16. The molecular weight excluding hydrogens is 376 g/mol. The van der Waals surface area contributed by atoms with Crippen LogP contribution in [0.3, 0.4) is 0 Å². The Kier molecular flexibility index (Phi) is 5.23. The lowest BCUT2D eigenvalue weighted by Gasteiger charge is -2.13. The minimum Gasteiger partial charge on any atom is -0.326 e. The number of nitrogens with one attached hydrogen (secondary N) is 2. The maximum absolute atomic E-state index is 13.0. The lowest BCUT2D eigenvalue weighted by Crippen LogP contribution is -2.20. The summed E-state index contributed by atoms with van der Waals surface area (Å²) in [5, 5.41) is 2.91. The highest BCUT2D eigenvalue weighted by atomic mass is 16.2. The van der Waals surface area contributed by atoms with E-state index in [0.717, 1.165) is 22.3 Å². The molecule has 0 saturated carbocycles. The van der Waals surface area contributed by atoms with Crippen molar-refractivity contribution in [2.75, 3.05) is 5.32 Å². The molecule has 0 spiro atoms. The van der Waals surface area contributed by atoms with E-state index in [9.17, 15) is 9.59 Å². The molecular formula is C24H24N4O2. The minimum absolute atomic E-state index is 0.107. The van der Waals surface area contributed by atoms with Gasteiger partial charge in [0.25, 0.3) is 5.91 Å². The summed E-state index contributed by atoms with van der Waals surface area (Å²) in [5.74, 6) is 0.205. The maximum atomic E-state index is 13.0. The first-order chi connectivity index (χ1) is 14.4. The number of aromatic amines is 1. The monoisotopic (exact) mass is 400 g/mol. The van der Waals surface area contributed by atoms with Crippen LogP contribution in [-0.4, -0.2) is 20.4 Å². The average molecular weight is 400 g/mol. The van der Waals surface area contributed by atoms with Crippen molar-refractivity contribution in [3.05, 3.63) is 93.4 Å². The van der Waals surface area contributed by atoms with E-state index in [1.54, 1.807) is 6.07 Å². The molecule has 6 nitrogen and oxygen atoms in total. The second-order valence-corrected chi connectivity index (χ2v) is 7.73. The van der Waals surface area contributed by atoms with Gasteiger partial charge in [-0.2, -0.15) is 0 Å². The molecule has 0 unspecified atom stereocenters. The summed E-state index contributed by atoms with van der Waals surface area (Å²) in [6, 6.07) is 19.0. The van der Waals surface area contributed by atoms with Gasteiger partial charge in [0.05, 0.1) is 17.6 Å². The van der Waals surface area contributed by atoms with Gasteiger partial charge >= 0.3 is 0 Å².